The maximum atomic E-state index is 5.60. The van der Waals surface area contributed by atoms with Crippen molar-refractivity contribution in [2.45, 2.75) is 19.3 Å². The molecule has 0 saturated carbocycles. The normalized spacial score (nSPS) is 16.8. The molecule has 82 valence electrons. The lowest BCUT2D eigenvalue weighted by Crippen LogP contribution is -2.21. The van der Waals surface area contributed by atoms with E-state index in [0.29, 0.717) is 0 Å². The molecule has 1 aromatic rings. The zero-order chi connectivity index (χ0) is 10.3. The number of ether oxygens (including phenoxy) is 1. The summed E-state index contributed by atoms with van der Waals surface area (Å²) in [5.41, 5.74) is 0. The highest BCUT2D eigenvalue weighted by molar-refractivity contribution is 5.16. The minimum Gasteiger partial charge on any atom is -0.493 e. The second-order valence-electron chi connectivity index (χ2n) is 3.93. The van der Waals surface area contributed by atoms with Crippen LogP contribution in [0.25, 0.3) is 0 Å². The molecular weight excluding hydrogens is 188 g/mol. The lowest BCUT2D eigenvalue weighted by molar-refractivity contribution is 0.263. The van der Waals surface area contributed by atoms with E-state index in [1.165, 1.54) is 32.5 Å². The number of hydrogen-bond donors (Lipinski definition) is 0. The van der Waals surface area contributed by atoms with Gasteiger partial charge in [-0.3, -0.25) is 4.98 Å². The summed E-state index contributed by atoms with van der Waals surface area (Å²) in [5.74, 6) is 0.923. The van der Waals surface area contributed by atoms with Crippen LogP contribution in [0.2, 0.25) is 0 Å². The first kappa shape index (κ1) is 10.4. The minimum absolute atomic E-state index is 0.806. The highest BCUT2D eigenvalue weighted by atomic mass is 16.5. The maximum Gasteiger partial charge on any atom is 0.122 e. The Morgan fingerprint density at radius 1 is 1.20 bits per heavy atom. The van der Waals surface area contributed by atoms with Gasteiger partial charge >= 0.3 is 0 Å². The van der Waals surface area contributed by atoms with Gasteiger partial charge in [-0.05, 0) is 44.5 Å². The predicted molar refractivity (Wildman–Crippen MR) is 60.0 cm³/mol. The van der Waals surface area contributed by atoms with Crippen LogP contribution < -0.4 is 4.74 Å². The standard InChI is InChI=1S/C12H18N2O/c1-2-9-14(8-1)10-3-11-15-12-4-6-13-7-5-12/h4-7H,1-3,8-11H2. The van der Waals surface area contributed by atoms with E-state index in [0.717, 1.165) is 18.8 Å². The van der Waals surface area contributed by atoms with Gasteiger partial charge < -0.3 is 9.64 Å². The van der Waals surface area contributed by atoms with Gasteiger partial charge in [0.25, 0.3) is 0 Å². The molecule has 0 spiro atoms. The van der Waals surface area contributed by atoms with E-state index in [1.807, 2.05) is 12.1 Å². The number of rotatable bonds is 5. The minimum atomic E-state index is 0.806. The largest absolute Gasteiger partial charge is 0.493 e. The Hall–Kier alpha value is -1.09. The highest BCUT2D eigenvalue weighted by Crippen LogP contribution is 2.09. The van der Waals surface area contributed by atoms with Gasteiger partial charge in [-0.2, -0.15) is 0 Å². The third-order valence-corrected chi connectivity index (χ3v) is 2.74. The Morgan fingerprint density at radius 2 is 1.93 bits per heavy atom. The number of pyridine rings is 1. The molecule has 0 N–H and O–H groups in total. The first-order chi connectivity index (χ1) is 7.45. The van der Waals surface area contributed by atoms with Gasteiger partial charge in [-0.1, -0.05) is 0 Å². The van der Waals surface area contributed by atoms with Crippen LogP contribution in [0.5, 0.6) is 5.75 Å². The summed E-state index contributed by atoms with van der Waals surface area (Å²) >= 11 is 0. The average Bonchev–Trinajstić information content (AvgIpc) is 2.79. The predicted octanol–water partition coefficient (Wildman–Crippen LogP) is 1.95. The fraction of sp³-hybridized carbons (Fsp3) is 0.583. The van der Waals surface area contributed by atoms with Crippen molar-refractivity contribution in [2.75, 3.05) is 26.2 Å². The van der Waals surface area contributed by atoms with Crippen LogP contribution in [0, 0.1) is 0 Å². The SMILES string of the molecule is c1cc(OCCCN2CCCC2)ccn1. The topological polar surface area (TPSA) is 25.4 Å². The molecule has 1 saturated heterocycles. The van der Waals surface area contributed by atoms with Crippen molar-refractivity contribution in [3.8, 4) is 5.75 Å². The Labute approximate surface area is 91.1 Å². The van der Waals surface area contributed by atoms with Crippen molar-refractivity contribution in [3.05, 3.63) is 24.5 Å². The summed E-state index contributed by atoms with van der Waals surface area (Å²) in [7, 11) is 0. The van der Waals surface area contributed by atoms with E-state index in [1.54, 1.807) is 12.4 Å². The van der Waals surface area contributed by atoms with Crippen molar-refractivity contribution in [2.24, 2.45) is 0 Å². The smallest absolute Gasteiger partial charge is 0.122 e. The molecule has 0 bridgehead atoms. The van der Waals surface area contributed by atoms with Crippen LogP contribution in [0.4, 0.5) is 0 Å². The number of likely N-dealkylation sites (tertiary alicyclic amines) is 1. The molecule has 15 heavy (non-hydrogen) atoms. The molecule has 1 aromatic heterocycles. The number of nitrogens with zero attached hydrogens (tertiary/aromatic N) is 2. The van der Waals surface area contributed by atoms with Crippen LogP contribution in [0.3, 0.4) is 0 Å². The summed E-state index contributed by atoms with van der Waals surface area (Å²) in [6, 6.07) is 3.80. The van der Waals surface area contributed by atoms with E-state index in [2.05, 4.69) is 9.88 Å². The molecule has 0 radical (unpaired) electrons. The van der Waals surface area contributed by atoms with E-state index >= 15 is 0 Å². The first-order valence-corrected chi connectivity index (χ1v) is 5.70. The molecule has 0 amide bonds. The fourth-order valence-corrected chi connectivity index (χ4v) is 1.92. The summed E-state index contributed by atoms with van der Waals surface area (Å²) < 4.78 is 5.60. The van der Waals surface area contributed by atoms with E-state index in [4.69, 9.17) is 4.74 Å². The van der Waals surface area contributed by atoms with E-state index in [9.17, 15) is 0 Å². The Morgan fingerprint density at radius 3 is 2.67 bits per heavy atom. The monoisotopic (exact) mass is 206 g/mol. The Kier molecular flexibility index (Phi) is 3.97. The third kappa shape index (κ3) is 3.51. The first-order valence-electron chi connectivity index (χ1n) is 5.70. The van der Waals surface area contributed by atoms with Crippen LogP contribution >= 0.6 is 0 Å². The second-order valence-corrected chi connectivity index (χ2v) is 3.93. The molecule has 1 fully saturated rings. The summed E-state index contributed by atoms with van der Waals surface area (Å²) in [4.78, 5) is 6.46. The molecule has 0 atom stereocenters. The van der Waals surface area contributed by atoms with Gasteiger partial charge in [0, 0.05) is 18.9 Å². The van der Waals surface area contributed by atoms with Crippen molar-refractivity contribution < 1.29 is 4.74 Å². The van der Waals surface area contributed by atoms with Crippen LogP contribution in [0.1, 0.15) is 19.3 Å². The number of aromatic nitrogens is 1. The molecule has 2 heterocycles. The molecule has 0 aliphatic carbocycles. The molecule has 3 heteroatoms. The Balaban J connectivity index is 1.59. The van der Waals surface area contributed by atoms with Gasteiger partial charge in [0.15, 0.2) is 0 Å². The molecule has 1 aliphatic rings. The molecular formula is C12H18N2O. The third-order valence-electron chi connectivity index (χ3n) is 2.74. The van der Waals surface area contributed by atoms with Gasteiger partial charge in [0.1, 0.15) is 5.75 Å². The van der Waals surface area contributed by atoms with E-state index in [-0.39, 0.29) is 0 Å². The summed E-state index contributed by atoms with van der Waals surface area (Å²) in [6.45, 7) is 4.52. The molecule has 1 aliphatic heterocycles. The lowest BCUT2D eigenvalue weighted by Gasteiger charge is -2.14. The molecule has 3 nitrogen and oxygen atoms in total. The van der Waals surface area contributed by atoms with Gasteiger partial charge in [-0.25, -0.2) is 0 Å². The van der Waals surface area contributed by atoms with Crippen LogP contribution in [-0.4, -0.2) is 36.1 Å². The van der Waals surface area contributed by atoms with Gasteiger partial charge in [-0.15, -0.1) is 0 Å². The van der Waals surface area contributed by atoms with Gasteiger partial charge in [0.05, 0.1) is 6.61 Å². The van der Waals surface area contributed by atoms with Crippen molar-refractivity contribution in [3.63, 3.8) is 0 Å². The lowest BCUT2D eigenvalue weighted by atomic mass is 10.4. The van der Waals surface area contributed by atoms with E-state index < -0.39 is 0 Å². The van der Waals surface area contributed by atoms with Crippen molar-refractivity contribution in [1.82, 2.24) is 9.88 Å². The zero-order valence-corrected chi connectivity index (χ0v) is 9.06. The maximum absolute atomic E-state index is 5.60. The number of hydrogen-bond acceptors (Lipinski definition) is 3. The van der Waals surface area contributed by atoms with Crippen LogP contribution in [-0.2, 0) is 0 Å². The van der Waals surface area contributed by atoms with Gasteiger partial charge in [0.2, 0.25) is 0 Å². The Bertz CT molecular complexity index is 270. The molecule has 0 aromatic carbocycles. The second kappa shape index (κ2) is 5.71. The summed E-state index contributed by atoms with van der Waals surface area (Å²) in [5, 5.41) is 0. The molecule has 2 rings (SSSR count). The van der Waals surface area contributed by atoms with Crippen molar-refractivity contribution in [1.29, 1.82) is 0 Å². The summed E-state index contributed by atoms with van der Waals surface area (Å²) in [6.07, 6.45) is 7.37. The zero-order valence-electron chi connectivity index (χ0n) is 9.06. The molecule has 0 unspecified atom stereocenters. The quantitative estimate of drug-likeness (QED) is 0.688. The van der Waals surface area contributed by atoms with Crippen LogP contribution in [0.15, 0.2) is 24.5 Å². The fourth-order valence-electron chi connectivity index (χ4n) is 1.92. The average molecular weight is 206 g/mol. The van der Waals surface area contributed by atoms with Crippen molar-refractivity contribution >= 4 is 0 Å². The highest BCUT2D eigenvalue weighted by Gasteiger charge is 2.10.